The highest BCUT2D eigenvalue weighted by Gasteiger charge is 2.21. The Balaban J connectivity index is 1.73. The van der Waals surface area contributed by atoms with Gasteiger partial charge < -0.3 is 0 Å². The summed E-state index contributed by atoms with van der Waals surface area (Å²) in [6, 6.07) is 26.8. The molecule has 4 heteroatoms. The minimum absolute atomic E-state index is 0.0795. The van der Waals surface area contributed by atoms with Crippen LogP contribution in [0, 0.1) is 0 Å². The van der Waals surface area contributed by atoms with Gasteiger partial charge in [-0.25, -0.2) is 0 Å². The van der Waals surface area contributed by atoms with Gasteiger partial charge in [-0.3, -0.25) is 4.79 Å². The lowest BCUT2D eigenvalue weighted by atomic mass is 9.98. The van der Waals surface area contributed by atoms with Gasteiger partial charge >= 0.3 is 0 Å². The molecule has 0 saturated carbocycles. The SMILES string of the molecule is O=C(CC(c1ccccc1)n1nc2ccccc2n1)c1ccccc1. The summed E-state index contributed by atoms with van der Waals surface area (Å²) in [5.41, 5.74) is 3.39. The van der Waals surface area contributed by atoms with Gasteiger partial charge in [0, 0.05) is 12.0 Å². The van der Waals surface area contributed by atoms with Gasteiger partial charge in [-0.15, -0.1) is 0 Å². The number of benzene rings is 3. The van der Waals surface area contributed by atoms with Crippen molar-refractivity contribution in [3.63, 3.8) is 0 Å². The summed E-state index contributed by atoms with van der Waals surface area (Å²) in [5, 5.41) is 9.18. The largest absolute Gasteiger partial charge is 0.294 e. The van der Waals surface area contributed by atoms with E-state index in [-0.39, 0.29) is 11.8 Å². The maximum absolute atomic E-state index is 12.7. The zero-order chi connectivity index (χ0) is 17.1. The van der Waals surface area contributed by atoms with E-state index in [1.807, 2.05) is 84.9 Å². The smallest absolute Gasteiger partial charge is 0.165 e. The fraction of sp³-hybridized carbons (Fsp3) is 0.0952. The molecule has 4 aromatic rings. The third-order valence-electron chi connectivity index (χ3n) is 4.24. The van der Waals surface area contributed by atoms with Crippen molar-refractivity contribution >= 4 is 16.8 Å². The minimum Gasteiger partial charge on any atom is -0.294 e. The van der Waals surface area contributed by atoms with Crippen LogP contribution in [0.3, 0.4) is 0 Å². The Bertz CT molecular complexity index is 960. The molecular weight excluding hydrogens is 310 g/mol. The molecule has 0 saturated heterocycles. The number of ketones is 1. The zero-order valence-corrected chi connectivity index (χ0v) is 13.6. The van der Waals surface area contributed by atoms with Gasteiger partial charge in [0.05, 0.1) is 0 Å². The predicted molar refractivity (Wildman–Crippen MR) is 97.5 cm³/mol. The molecule has 122 valence electrons. The highest BCUT2D eigenvalue weighted by atomic mass is 16.1. The number of nitrogens with zero attached hydrogens (tertiary/aromatic N) is 3. The van der Waals surface area contributed by atoms with Crippen molar-refractivity contribution in [3.05, 3.63) is 96.1 Å². The summed E-state index contributed by atoms with van der Waals surface area (Å²) in [6.07, 6.45) is 0.314. The van der Waals surface area contributed by atoms with E-state index in [2.05, 4.69) is 10.2 Å². The van der Waals surface area contributed by atoms with E-state index in [0.29, 0.717) is 12.0 Å². The van der Waals surface area contributed by atoms with Crippen molar-refractivity contribution in [1.29, 1.82) is 0 Å². The van der Waals surface area contributed by atoms with Gasteiger partial charge in [-0.05, 0) is 17.7 Å². The zero-order valence-electron chi connectivity index (χ0n) is 13.6. The molecule has 1 unspecified atom stereocenters. The average Bonchev–Trinajstić information content (AvgIpc) is 3.11. The third kappa shape index (κ3) is 3.19. The summed E-state index contributed by atoms with van der Waals surface area (Å²) in [5.74, 6) is 0.0795. The number of fused-ring (bicyclic) bond motifs is 1. The van der Waals surface area contributed by atoms with Crippen molar-refractivity contribution < 1.29 is 4.79 Å². The topological polar surface area (TPSA) is 47.8 Å². The van der Waals surface area contributed by atoms with E-state index in [9.17, 15) is 4.79 Å². The van der Waals surface area contributed by atoms with E-state index in [1.165, 1.54) is 0 Å². The monoisotopic (exact) mass is 327 g/mol. The number of aromatic nitrogens is 3. The summed E-state index contributed by atoms with van der Waals surface area (Å²) >= 11 is 0. The van der Waals surface area contributed by atoms with E-state index in [1.54, 1.807) is 4.80 Å². The van der Waals surface area contributed by atoms with Gasteiger partial charge in [0.15, 0.2) is 5.78 Å². The molecule has 0 aliphatic heterocycles. The second-order valence-corrected chi connectivity index (χ2v) is 5.93. The van der Waals surface area contributed by atoms with Crippen LogP contribution in [0.2, 0.25) is 0 Å². The van der Waals surface area contributed by atoms with Crippen LogP contribution >= 0.6 is 0 Å². The first-order valence-corrected chi connectivity index (χ1v) is 8.26. The Morgan fingerprint density at radius 2 is 1.28 bits per heavy atom. The highest BCUT2D eigenvalue weighted by molar-refractivity contribution is 5.96. The molecule has 0 spiro atoms. The van der Waals surface area contributed by atoms with Crippen LogP contribution in [-0.2, 0) is 0 Å². The summed E-state index contributed by atoms with van der Waals surface area (Å²) in [4.78, 5) is 14.4. The van der Waals surface area contributed by atoms with Crippen LogP contribution in [0.1, 0.15) is 28.4 Å². The standard InChI is InChI=1S/C21H17N3O/c25-21(17-11-5-2-6-12-17)15-20(16-9-3-1-4-10-16)24-22-18-13-7-8-14-19(18)23-24/h1-14,20H,15H2. The van der Waals surface area contributed by atoms with E-state index >= 15 is 0 Å². The van der Waals surface area contributed by atoms with Crippen LogP contribution < -0.4 is 0 Å². The van der Waals surface area contributed by atoms with Crippen molar-refractivity contribution in [2.24, 2.45) is 0 Å². The lowest BCUT2D eigenvalue weighted by Crippen LogP contribution is -2.18. The molecule has 0 bridgehead atoms. The lowest BCUT2D eigenvalue weighted by molar-refractivity contribution is 0.0965. The second kappa shape index (κ2) is 6.69. The molecule has 3 aromatic carbocycles. The number of hydrogen-bond acceptors (Lipinski definition) is 3. The normalized spacial score (nSPS) is 12.2. The number of rotatable bonds is 5. The fourth-order valence-corrected chi connectivity index (χ4v) is 2.94. The average molecular weight is 327 g/mol. The molecule has 0 aliphatic carbocycles. The Labute approximate surface area is 145 Å². The fourth-order valence-electron chi connectivity index (χ4n) is 2.94. The second-order valence-electron chi connectivity index (χ2n) is 5.93. The van der Waals surface area contributed by atoms with Crippen molar-refractivity contribution in [2.45, 2.75) is 12.5 Å². The Morgan fingerprint density at radius 1 is 0.760 bits per heavy atom. The van der Waals surface area contributed by atoms with Crippen LogP contribution in [0.5, 0.6) is 0 Å². The molecule has 4 nitrogen and oxygen atoms in total. The van der Waals surface area contributed by atoms with Crippen molar-refractivity contribution in [2.75, 3.05) is 0 Å². The third-order valence-corrected chi connectivity index (χ3v) is 4.24. The molecule has 1 aromatic heterocycles. The maximum atomic E-state index is 12.7. The summed E-state index contributed by atoms with van der Waals surface area (Å²) in [7, 11) is 0. The maximum Gasteiger partial charge on any atom is 0.165 e. The number of carbonyl (C=O) groups is 1. The molecule has 1 heterocycles. The Kier molecular flexibility index (Phi) is 4.09. The molecule has 0 fully saturated rings. The molecule has 0 N–H and O–H groups in total. The van der Waals surface area contributed by atoms with Crippen molar-refractivity contribution in [3.8, 4) is 0 Å². The van der Waals surface area contributed by atoms with Gasteiger partial charge in [0.2, 0.25) is 0 Å². The highest BCUT2D eigenvalue weighted by Crippen LogP contribution is 2.24. The molecule has 25 heavy (non-hydrogen) atoms. The first-order valence-electron chi connectivity index (χ1n) is 8.26. The quantitative estimate of drug-likeness (QED) is 0.514. The molecule has 0 aliphatic rings. The Hall–Kier alpha value is -3.27. The molecule has 4 rings (SSSR count). The van der Waals surface area contributed by atoms with Crippen LogP contribution in [0.4, 0.5) is 0 Å². The molecular formula is C21H17N3O. The van der Waals surface area contributed by atoms with E-state index in [4.69, 9.17) is 0 Å². The molecule has 0 amide bonds. The first kappa shape index (κ1) is 15.3. The first-order chi connectivity index (χ1) is 12.3. The molecule has 1 atom stereocenters. The van der Waals surface area contributed by atoms with Crippen molar-refractivity contribution in [1.82, 2.24) is 15.0 Å². The van der Waals surface area contributed by atoms with Crippen LogP contribution in [0.25, 0.3) is 11.0 Å². The van der Waals surface area contributed by atoms with E-state index < -0.39 is 0 Å². The van der Waals surface area contributed by atoms with Gasteiger partial charge in [-0.2, -0.15) is 15.0 Å². The van der Waals surface area contributed by atoms with Gasteiger partial charge in [0.1, 0.15) is 17.1 Å². The number of Topliss-reactive ketones (excluding diaryl/α,β-unsaturated/α-hetero) is 1. The Morgan fingerprint density at radius 3 is 1.88 bits per heavy atom. The lowest BCUT2D eigenvalue weighted by Gasteiger charge is -2.16. The summed E-state index contributed by atoms with van der Waals surface area (Å²) < 4.78 is 0. The van der Waals surface area contributed by atoms with E-state index in [0.717, 1.165) is 16.6 Å². The number of hydrogen-bond donors (Lipinski definition) is 0. The van der Waals surface area contributed by atoms with Crippen LogP contribution in [0.15, 0.2) is 84.9 Å². The van der Waals surface area contributed by atoms with Gasteiger partial charge in [0.25, 0.3) is 0 Å². The van der Waals surface area contributed by atoms with Crippen LogP contribution in [-0.4, -0.2) is 20.8 Å². The number of carbonyl (C=O) groups excluding carboxylic acids is 1. The predicted octanol–water partition coefficient (Wildman–Crippen LogP) is 4.29. The van der Waals surface area contributed by atoms with Gasteiger partial charge in [-0.1, -0.05) is 72.8 Å². The molecule has 0 radical (unpaired) electrons. The minimum atomic E-state index is -0.235. The summed E-state index contributed by atoms with van der Waals surface area (Å²) in [6.45, 7) is 0.